The fourth-order valence-electron chi connectivity index (χ4n) is 2.70. The second kappa shape index (κ2) is 7.56. The first-order valence-electron chi connectivity index (χ1n) is 8.48. The van der Waals surface area contributed by atoms with Crippen molar-refractivity contribution in [1.29, 1.82) is 0 Å². The molecule has 1 heterocycles. The van der Waals surface area contributed by atoms with E-state index in [1.807, 2.05) is 19.9 Å². The van der Waals surface area contributed by atoms with Gasteiger partial charge in [0.2, 0.25) is 16.9 Å². The largest absolute Gasteiger partial charge is 0.504 e. The van der Waals surface area contributed by atoms with E-state index in [-0.39, 0.29) is 22.5 Å². The van der Waals surface area contributed by atoms with Crippen molar-refractivity contribution in [1.82, 2.24) is 0 Å². The van der Waals surface area contributed by atoms with Gasteiger partial charge in [0.1, 0.15) is 23.3 Å². The van der Waals surface area contributed by atoms with Gasteiger partial charge < -0.3 is 29.2 Å². The first-order chi connectivity index (χ1) is 13.3. The summed E-state index contributed by atoms with van der Waals surface area (Å²) in [7, 11) is 1.23. The highest BCUT2D eigenvalue weighted by molar-refractivity contribution is 5.91. The highest BCUT2D eigenvalue weighted by atomic mass is 16.5. The van der Waals surface area contributed by atoms with Crippen molar-refractivity contribution < 1.29 is 29.2 Å². The molecule has 28 heavy (non-hydrogen) atoms. The molecule has 0 saturated heterocycles. The Labute approximate surface area is 160 Å². The van der Waals surface area contributed by atoms with Crippen LogP contribution in [0.2, 0.25) is 0 Å². The molecule has 146 valence electrons. The molecule has 0 aliphatic carbocycles. The lowest BCUT2D eigenvalue weighted by atomic mass is 10.1. The number of fused-ring (bicyclic) bond motifs is 1. The van der Waals surface area contributed by atoms with Crippen molar-refractivity contribution in [3.8, 4) is 40.1 Å². The molecule has 3 N–H and O–H groups in total. The molecule has 3 aromatic rings. The van der Waals surface area contributed by atoms with E-state index < -0.39 is 22.7 Å². The summed E-state index contributed by atoms with van der Waals surface area (Å²) in [6.07, 6.45) is 1.94. The van der Waals surface area contributed by atoms with Crippen molar-refractivity contribution >= 4 is 11.0 Å². The standard InChI is InChI=1S/C21H20O7/c1-11(2)8-9-27-13-6-4-12(5-7-13)20-19(25)17(23)16-15(28-20)10-14(22)21(26-3)18(16)24/h4-8,10,22,24-25H,9H2,1-3H3. The fourth-order valence-corrected chi connectivity index (χ4v) is 2.70. The molecular weight excluding hydrogens is 364 g/mol. The third kappa shape index (κ3) is 3.46. The number of rotatable bonds is 5. The average molecular weight is 384 g/mol. The maximum absolute atomic E-state index is 12.6. The summed E-state index contributed by atoms with van der Waals surface area (Å²) < 4.78 is 16.0. The van der Waals surface area contributed by atoms with E-state index in [0.717, 1.165) is 11.6 Å². The van der Waals surface area contributed by atoms with E-state index in [1.54, 1.807) is 24.3 Å². The van der Waals surface area contributed by atoms with E-state index in [1.165, 1.54) is 7.11 Å². The van der Waals surface area contributed by atoms with Crippen LogP contribution in [0.3, 0.4) is 0 Å². The van der Waals surface area contributed by atoms with Crippen molar-refractivity contribution in [3.63, 3.8) is 0 Å². The molecule has 0 unspecified atom stereocenters. The molecular formula is C21H20O7. The van der Waals surface area contributed by atoms with E-state index in [0.29, 0.717) is 17.9 Å². The molecule has 0 radical (unpaired) electrons. The summed E-state index contributed by atoms with van der Waals surface area (Å²) in [6.45, 7) is 4.38. The molecule has 0 atom stereocenters. The Morgan fingerprint density at radius 1 is 1.11 bits per heavy atom. The van der Waals surface area contributed by atoms with Crippen LogP contribution >= 0.6 is 0 Å². The van der Waals surface area contributed by atoms with Crippen LogP contribution in [0.15, 0.2) is 51.2 Å². The number of hydrogen-bond acceptors (Lipinski definition) is 7. The quantitative estimate of drug-likeness (QED) is 0.572. The Hall–Kier alpha value is -3.61. The average Bonchev–Trinajstić information content (AvgIpc) is 2.65. The van der Waals surface area contributed by atoms with Gasteiger partial charge in [0.05, 0.1) is 7.11 Å². The monoisotopic (exact) mass is 384 g/mol. The number of hydrogen-bond donors (Lipinski definition) is 3. The Bertz CT molecular complexity index is 1100. The van der Waals surface area contributed by atoms with Crippen LogP contribution in [0.5, 0.6) is 28.7 Å². The molecule has 2 aromatic carbocycles. The topological polar surface area (TPSA) is 109 Å². The zero-order valence-electron chi connectivity index (χ0n) is 15.6. The number of phenolic OH excluding ortho intramolecular Hbond substituents is 2. The predicted octanol–water partition coefficient (Wildman–Crippen LogP) is 3.93. The number of phenols is 2. The summed E-state index contributed by atoms with van der Waals surface area (Å²) in [4.78, 5) is 12.6. The van der Waals surface area contributed by atoms with Crippen molar-refractivity contribution in [3.05, 3.63) is 52.2 Å². The number of ether oxygens (including phenoxy) is 2. The highest BCUT2D eigenvalue weighted by Gasteiger charge is 2.22. The normalized spacial score (nSPS) is 10.7. The molecule has 0 bridgehead atoms. The zero-order chi connectivity index (χ0) is 20.4. The van der Waals surface area contributed by atoms with Crippen molar-refractivity contribution in [2.75, 3.05) is 13.7 Å². The molecule has 0 aliphatic heterocycles. The lowest BCUT2D eigenvalue weighted by molar-refractivity contribution is 0.346. The lowest BCUT2D eigenvalue weighted by Crippen LogP contribution is -2.04. The number of aromatic hydroxyl groups is 3. The van der Waals surface area contributed by atoms with Gasteiger partial charge in [-0.15, -0.1) is 0 Å². The summed E-state index contributed by atoms with van der Waals surface area (Å²) in [5, 5.41) is 30.2. The zero-order valence-corrected chi connectivity index (χ0v) is 15.6. The summed E-state index contributed by atoms with van der Waals surface area (Å²) >= 11 is 0. The van der Waals surface area contributed by atoms with Crippen LogP contribution in [0.1, 0.15) is 13.8 Å². The molecule has 0 fully saturated rings. The van der Waals surface area contributed by atoms with Crippen LogP contribution in [0.25, 0.3) is 22.3 Å². The molecule has 7 heteroatoms. The van der Waals surface area contributed by atoms with Gasteiger partial charge in [-0.3, -0.25) is 4.79 Å². The maximum atomic E-state index is 12.6. The van der Waals surface area contributed by atoms with Crippen molar-refractivity contribution in [2.45, 2.75) is 13.8 Å². The van der Waals surface area contributed by atoms with E-state index in [9.17, 15) is 20.1 Å². The Morgan fingerprint density at radius 2 is 1.79 bits per heavy atom. The third-order valence-corrected chi connectivity index (χ3v) is 4.13. The minimum absolute atomic E-state index is 0.0857. The first kappa shape index (κ1) is 19.2. The van der Waals surface area contributed by atoms with E-state index in [2.05, 4.69) is 0 Å². The van der Waals surface area contributed by atoms with Crippen LogP contribution in [-0.4, -0.2) is 29.0 Å². The van der Waals surface area contributed by atoms with Crippen LogP contribution in [0.4, 0.5) is 0 Å². The Balaban J connectivity index is 2.05. The SMILES string of the molecule is COc1c(O)cc2oc(-c3ccc(OCC=C(C)C)cc3)c(O)c(=O)c2c1O. The van der Waals surface area contributed by atoms with Gasteiger partial charge in [-0.1, -0.05) is 5.57 Å². The van der Waals surface area contributed by atoms with Gasteiger partial charge in [0.15, 0.2) is 17.3 Å². The fraction of sp³-hybridized carbons (Fsp3) is 0.190. The summed E-state index contributed by atoms with van der Waals surface area (Å²) in [5.74, 6) is -1.40. The van der Waals surface area contributed by atoms with Gasteiger partial charge in [0, 0.05) is 11.6 Å². The summed E-state index contributed by atoms with van der Waals surface area (Å²) in [5.41, 5.74) is 0.650. The predicted molar refractivity (Wildman–Crippen MR) is 104 cm³/mol. The minimum atomic E-state index is -0.837. The molecule has 0 amide bonds. The second-order valence-corrected chi connectivity index (χ2v) is 6.38. The minimum Gasteiger partial charge on any atom is -0.504 e. The molecule has 0 spiro atoms. The number of allylic oxidation sites excluding steroid dienone is 1. The Kier molecular flexibility index (Phi) is 5.17. The smallest absolute Gasteiger partial charge is 0.238 e. The maximum Gasteiger partial charge on any atom is 0.238 e. The highest BCUT2D eigenvalue weighted by Crippen LogP contribution is 2.43. The molecule has 0 saturated carbocycles. The number of methoxy groups -OCH3 is 1. The molecule has 3 rings (SSSR count). The first-order valence-corrected chi connectivity index (χ1v) is 8.48. The summed E-state index contributed by atoms with van der Waals surface area (Å²) in [6, 6.07) is 7.77. The van der Waals surface area contributed by atoms with Gasteiger partial charge in [0.25, 0.3) is 0 Å². The van der Waals surface area contributed by atoms with Gasteiger partial charge >= 0.3 is 0 Å². The van der Waals surface area contributed by atoms with E-state index in [4.69, 9.17) is 13.9 Å². The second-order valence-electron chi connectivity index (χ2n) is 6.38. The van der Waals surface area contributed by atoms with Crippen LogP contribution < -0.4 is 14.9 Å². The van der Waals surface area contributed by atoms with Gasteiger partial charge in [-0.05, 0) is 44.2 Å². The van der Waals surface area contributed by atoms with Crippen LogP contribution in [0, 0.1) is 0 Å². The van der Waals surface area contributed by atoms with E-state index >= 15 is 0 Å². The third-order valence-electron chi connectivity index (χ3n) is 4.13. The molecule has 0 aliphatic rings. The number of benzene rings is 2. The van der Waals surface area contributed by atoms with Crippen molar-refractivity contribution in [2.24, 2.45) is 0 Å². The van der Waals surface area contributed by atoms with Crippen LogP contribution in [-0.2, 0) is 0 Å². The lowest BCUT2D eigenvalue weighted by Gasteiger charge is -2.11. The Morgan fingerprint density at radius 3 is 2.39 bits per heavy atom. The molecule has 7 nitrogen and oxygen atoms in total. The molecule has 1 aromatic heterocycles. The van der Waals surface area contributed by atoms with Gasteiger partial charge in [-0.25, -0.2) is 0 Å². The van der Waals surface area contributed by atoms with Gasteiger partial charge in [-0.2, -0.15) is 0 Å².